The molecule has 102 valence electrons. The van der Waals surface area contributed by atoms with Crippen molar-refractivity contribution in [2.24, 2.45) is 12.8 Å². The lowest BCUT2D eigenvalue weighted by Crippen LogP contribution is -2.26. The van der Waals surface area contributed by atoms with E-state index in [1.54, 1.807) is 0 Å². The summed E-state index contributed by atoms with van der Waals surface area (Å²) < 4.78 is 2.00. The first kappa shape index (κ1) is 13.5. The number of aryl methyl sites for hydroxylation is 1. The molecule has 19 heavy (non-hydrogen) atoms. The van der Waals surface area contributed by atoms with Crippen LogP contribution in [0.5, 0.6) is 0 Å². The third-order valence-electron chi connectivity index (χ3n) is 3.15. The predicted molar refractivity (Wildman–Crippen MR) is 75.4 cm³/mol. The first-order chi connectivity index (χ1) is 9.08. The number of hydrogen-bond donors (Lipinski definition) is 2. The third-order valence-corrected chi connectivity index (χ3v) is 3.15. The fourth-order valence-corrected chi connectivity index (χ4v) is 1.98. The quantitative estimate of drug-likeness (QED) is 0.851. The third kappa shape index (κ3) is 3.32. The number of aromatic nitrogens is 2. The van der Waals surface area contributed by atoms with Crippen LogP contribution in [0.3, 0.4) is 0 Å². The maximum Gasteiger partial charge on any atom is 0.220 e. The zero-order valence-electron chi connectivity index (χ0n) is 11.4. The van der Waals surface area contributed by atoms with Crippen LogP contribution in [0.4, 0.5) is 0 Å². The van der Waals surface area contributed by atoms with Gasteiger partial charge in [0, 0.05) is 19.5 Å². The Morgan fingerprint density at radius 3 is 2.89 bits per heavy atom. The maximum atomic E-state index is 11.6. The summed E-state index contributed by atoms with van der Waals surface area (Å²) in [6, 6.07) is 7.98. The van der Waals surface area contributed by atoms with E-state index < -0.39 is 0 Å². The second kappa shape index (κ2) is 5.84. The van der Waals surface area contributed by atoms with Crippen LogP contribution in [-0.4, -0.2) is 21.5 Å². The zero-order valence-corrected chi connectivity index (χ0v) is 11.4. The average molecular weight is 260 g/mol. The standard InChI is InChI=1S/C14H20N4O/c1-10(15)7-8-14(19)16-9-13-17-11-5-3-4-6-12(11)18(13)2/h3-6,10H,7-9,15H2,1-2H3,(H,16,19). The van der Waals surface area contributed by atoms with Crippen LogP contribution in [0.2, 0.25) is 0 Å². The Balaban J connectivity index is 1.98. The maximum absolute atomic E-state index is 11.6. The molecule has 5 heteroatoms. The van der Waals surface area contributed by atoms with Gasteiger partial charge in [0.15, 0.2) is 0 Å². The largest absolute Gasteiger partial charge is 0.349 e. The predicted octanol–water partition coefficient (Wildman–Crippen LogP) is 1.32. The van der Waals surface area contributed by atoms with Gasteiger partial charge < -0.3 is 15.6 Å². The molecule has 1 aromatic carbocycles. The molecule has 1 amide bonds. The summed E-state index contributed by atoms with van der Waals surface area (Å²) >= 11 is 0. The van der Waals surface area contributed by atoms with Crippen molar-refractivity contribution in [3.63, 3.8) is 0 Å². The molecule has 1 aromatic heterocycles. The number of para-hydroxylation sites is 2. The first-order valence-electron chi connectivity index (χ1n) is 6.50. The number of nitrogens with two attached hydrogens (primary N) is 1. The van der Waals surface area contributed by atoms with Gasteiger partial charge in [-0.25, -0.2) is 4.98 Å². The molecule has 0 saturated heterocycles. The molecule has 0 radical (unpaired) electrons. The lowest BCUT2D eigenvalue weighted by atomic mass is 10.2. The number of nitrogens with zero attached hydrogens (tertiary/aromatic N) is 2. The van der Waals surface area contributed by atoms with Crippen LogP contribution in [0.15, 0.2) is 24.3 Å². The second-order valence-electron chi connectivity index (χ2n) is 4.87. The number of carbonyl (C=O) groups is 1. The van der Waals surface area contributed by atoms with E-state index in [0.717, 1.165) is 16.9 Å². The summed E-state index contributed by atoms with van der Waals surface area (Å²) in [4.78, 5) is 16.1. The number of benzene rings is 1. The fourth-order valence-electron chi connectivity index (χ4n) is 1.98. The van der Waals surface area contributed by atoms with Gasteiger partial charge in [-0.3, -0.25) is 4.79 Å². The van der Waals surface area contributed by atoms with Crippen LogP contribution in [0.1, 0.15) is 25.6 Å². The summed E-state index contributed by atoms with van der Waals surface area (Å²) in [5, 5.41) is 2.88. The van der Waals surface area contributed by atoms with Crippen molar-refractivity contribution in [1.82, 2.24) is 14.9 Å². The summed E-state index contributed by atoms with van der Waals surface area (Å²) in [6.07, 6.45) is 1.16. The van der Waals surface area contributed by atoms with Gasteiger partial charge in [0.1, 0.15) is 5.82 Å². The topological polar surface area (TPSA) is 72.9 Å². The summed E-state index contributed by atoms with van der Waals surface area (Å²) in [7, 11) is 1.96. The second-order valence-corrected chi connectivity index (χ2v) is 4.87. The molecular formula is C14H20N4O. The van der Waals surface area contributed by atoms with Crippen LogP contribution >= 0.6 is 0 Å². The van der Waals surface area contributed by atoms with Gasteiger partial charge in [-0.2, -0.15) is 0 Å². The Kier molecular flexibility index (Phi) is 4.16. The van der Waals surface area contributed by atoms with Crippen LogP contribution in [-0.2, 0) is 18.4 Å². The molecule has 0 spiro atoms. The Morgan fingerprint density at radius 2 is 2.21 bits per heavy atom. The number of nitrogens with one attached hydrogen (secondary N) is 1. The highest BCUT2D eigenvalue weighted by Gasteiger charge is 2.08. The van der Waals surface area contributed by atoms with Crippen molar-refractivity contribution < 1.29 is 4.79 Å². The Labute approximate surface area is 112 Å². The molecule has 2 aromatic rings. The fraction of sp³-hybridized carbons (Fsp3) is 0.429. The summed E-state index contributed by atoms with van der Waals surface area (Å²) in [5.74, 6) is 0.875. The van der Waals surface area contributed by atoms with E-state index in [-0.39, 0.29) is 11.9 Å². The molecule has 1 atom stereocenters. The molecule has 0 saturated carbocycles. The molecule has 5 nitrogen and oxygen atoms in total. The van der Waals surface area contributed by atoms with Gasteiger partial charge in [0.2, 0.25) is 5.91 Å². The minimum absolute atomic E-state index is 0.0179. The highest BCUT2D eigenvalue weighted by Crippen LogP contribution is 2.13. The first-order valence-corrected chi connectivity index (χ1v) is 6.50. The van der Waals surface area contributed by atoms with Crippen molar-refractivity contribution >= 4 is 16.9 Å². The lowest BCUT2D eigenvalue weighted by molar-refractivity contribution is -0.121. The van der Waals surface area contributed by atoms with E-state index in [4.69, 9.17) is 5.73 Å². The molecule has 3 N–H and O–H groups in total. The van der Waals surface area contributed by atoms with E-state index in [9.17, 15) is 4.79 Å². The monoisotopic (exact) mass is 260 g/mol. The van der Waals surface area contributed by atoms with E-state index in [2.05, 4.69) is 10.3 Å². The SMILES string of the molecule is CC(N)CCC(=O)NCc1nc2ccccc2n1C. The Bertz CT molecular complexity index is 574. The van der Waals surface area contributed by atoms with E-state index in [1.165, 1.54) is 0 Å². The van der Waals surface area contributed by atoms with Gasteiger partial charge in [0.05, 0.1) is 17.6 Å². The highest BCUT2D eigenvalue weighted by atomic mass is 16.1. The number of hydrogen-bond acceptors (Lipinski definition) is 3. The summed E-state index contributed by atoms with van der Waals surface area (Å²) in [6.45, 7) is 2.35. The minimum atomic E-state index is 0.0179. The lowest BCUT2D eigenvalue weighted by Gasteiger charge is -2.07. The molecule has 0 bridgehead atoms. The number of imidazole rings is 1. The van der Waals surface area contributed by atoms with Gasteiger partial charge in [-0.15, -0.1) is 0 Å². The van der Waals surface area contributed by atoms with Crippen molar-refractivity contribution in [3.05, 3.63) is 30.1 Å². The van der Waals surface area contributed by atoms with Crippen molar-refractivity contribution in [2.45, 2.75) is 32.4 Å². The van der Waals surface area contributed by atoms with E-state index >= 15 is 0 Å². The number of fused-ring (bicyclic) bond motifs is 1. The average Bonchev–Trinajstić information content (AvgIpc) is 2.71. The molecule has 1 unspecified atom stereocenters. The molecule has 0 aliphatic carbocycles. The summed E-state index contributed by atoms with van der Waals surface area (Å²) in [5.41, 5.74) is 7.65. The molecule has 1 heterocycles. The van der Waals surface area contributed by atoms with Gasteiger partial charge in [-0.05, 0) is 25.5 Å². The Morgan fingerprint density at radius 1 is 1.47 bits per heavy atom. The molecule has 2 rings (SSSR count). The smallest absolute Gasteiger partial charge is 0.220 e. The highest BCUT2D eigenvalue weighted by molar-refractivity contribution is 5.77. The van der Waals surface area contributed by atoms with Gasteiger partial charge in [0.25, 0.3) is 0 Å². The van der Waals surface area contributed by atoms with E-state index in [0.29, 0.717) is 19.4 Å². The van der Waals surface area contributed by atoms with Crippen molar-refractivity contribution in [1.29, 1.82) is 0 Å². The van der Waals surface area contributed by atoms with Crippen LogP contribution < -0.4 is 11.1 Å². The molecule has 0 fully saturated rings. The number of amides is 1. The van der Waals surface area contributed by atoms with Crippen molar-refractivity contribution in [2.75, 3.05) is 0 Å². The van der Waals surface area contributed by atoms with Crippen molar-refractivity contribution in [3.8, 4) is 0 Å². The van der Waals surface area contributed by atoms with Crippen LogP contribution in [0, 0.1) is 0 Å². The van der Waals surface area contributed by atoms with Crippen LogP contribution in [0.25, 0.3) is 11.0 Å². The normalized spacial score (nSPS) is 12.6. The molecule has 0 aliphatic heterocycles. The van der Waals surface area contributed by atoms with Gasteiger partial charge >= 0.3 is 0 Å². The Hall–Kier alpha value is -1.88. The zero-order chi connectivity index (χ0) is 13.8. The number of carbonyl (C=O) groups excluding carboxylic acids is 1. The minimum Gasteiger partial charge on any atom is -0.349 e. The number of rotatable bonds is 5. The molecule has 0 aliphatic rings. The van der Waals surface area contributed by atoms with Gasteiger partial charge in [-0.1, -0.05) is 12.1 Å². The van der Waals surface area contributed by atoms with E-state index in [1.807, 2.05) is 42.8 Å². The molecular weight excluding hydrogens is 240 g/mol.